The Morgan fingerprint density at radius 2 is 1.88 bits per heavy atom. The highest BCUT2D eigenvalue weighted by molar-refractivity contribution is 14.1. The molecule has 1 N–H and O–H groups in total. The first kappa shape index (κ1) is 12.9. The maximum absolute atomic E-state index is 11.4. The summed E-state index contributed by atoms with van der Waals surface area (Å²) >= 11 is 2.27. The van der Waals surface area contributed by atoms with Gasteiger partial charge >= 0.3 is 5.97 Å². The first-order valence-electron chi connectivity index (χ1n) is 6.14. The van der Waals surface area contributed by atoms with Crippen LogP contribution in [0.3, 0.4) is 0 Å². The zero-order valence-electron chi connectivity index (χ0n) is 9.73. The van der Waals surface area contributed by atoms with E-state index in [0.29, 0.717) is 12.3 Å². The van der Waals surface area contributed by atoms with E-state index in [1.165, 1.54) is 16.4 Å². The smallest absolute Gasteiger partial charge is 0.307 e. The molecule has 1 fully saturated rings. The number of aliphatic carboxylic acids is 1. The fourth-order valence-corrected chi connectivity index (χ4v) is 3.05. The SMILES string of the molecule is O=C(O)C(Cc1ccc(I)cc1)C1CCCC1. The highest BCUT2D eigenvalue weighted by atomic mass is 127. The summed E-state index contributed by atoms with van der Waals surface area (Å²) in [5, 5.41) is 9.35. The topological polar surface area (TPSA) is 37.3 Å². The molecular formula is C14H17IO2. The lowest BCUT2D eigenvalue weighted by Crippen LogP contribution is -2.24. The molecular weight excluding hydrogens is 327 g/mol. The van der Waals surface area contributed by atoms with Crippen LogP contribution in [0.4, 0.5) is 0 Å². The van der Waals surface area contributed by atoms with Crippen molar-refractivity contribution in [2.45, 2.75) is 32.1 Å². The van der Waals surface area contributed by atoms with Crippen LogP contribution in [0.5, 0.6) is 0 Å². The van der Waals surface area contributed by atoms with Gasteiger partial charge in [0.25, 0.3) is 0 Å². The highest BCUT2D eigenvalue weighted by Crippen LogP contribution is 2.33. The van der Waals surface area contributed by atoms with Crippen molar-refractivity contribution in [1.82, 2.24) is 0 Å². The minimum absolute atomic E-state index is 0.197. The lowest BCUT2D eigenvalue weighted by atomic mass is 9.86. The average Bonchev–Trinajstić information content (AvgIpc) is 2.81. The Hall–Kier alpha value is -0.580. The quantitative estimate of drug-likeness (QED) is 0.846. The van der Waals surface area contributed by atoms with Crippen LogP contribution in [-0.2, 0) is 11.2 Å². The monoisotopic (exact) mass is 344 g/mol. The fourth-order valence-electron chi connectivity index (χ4n) is 2.69. The normalized spacial score (nSPS) is 18.2. The summed E-state index contributed by atoms with van der Waals surface area (Å²) in [7, 11) is 0. The summed E-state index contributed by atoms with van der Waals surface area (Å²) in [4.78, 5) is 11.4. The molecule has 0 radical (unpaired) electrons. The van der Waals surface area contributed by atoms with Crippen molar-refractivity contribution < 1.29 is 9.90 Å². The van der Waals surface area contributed by atoms with E-state index in [0.717, 1.165) is 18.4 Å². The van der Waals surface area contributed by atoms with E-state index in [4.69, 9.17) is 0 Å². The Labute approximate surface area is 116 Å². The molecule has 1 aromatic rings. The van der Waals surface area contributed by atoms with Crippen LogP contribution in [0.2, 0.25) is 0 Å². The van der Waals surface area contributed by atoms with Crippen molar-refractivity contribution in [3.05, 3.63) is 33.4 Å². The lowest BCUT2D eigenvalue weighted by Gasteiger charge is -2.19. The first-order chi connectivity index (χ1) is 8.16. The molecule has 17 heavy (non-hydrogen) atoms. The number of rotatable bonds is 4. The zero-order chi connectivity index (χ0) is 12.3. The number of halogens is 1. The Balaban J connectivity index is 2.06. The minimum Gasteiger partial charge on any atom is -0.481 e. The Morgan fingerprint density at radius 3 is 2.41 bits per heavy atom. The van der Waals surface area contributed by atoms with Gasteiger partial charge in [0.05, 0.1) is 5.92 Å². The molecule has 1 atom stereocenters. The standard InChI is InChI=1S/C14H17IO2/c15-12-7-5-10(6-8-12)9-13(14(16)17)11-3-1-2-4-11/h5-8,11,13H,1-4,9H2,(H,16,17). The fraction of sp³-hybridized carbons (Fsp3) is 0.500. The molecule has 92 valence electrons. The third-order valence-electron chi connectivity index (χ3n) is 3.65. The molecule has 1 saturated carbocycles. The van der Waals surface area contributed by atoms with Crippen molar-refractivity contribution >= 4 is 28.6 Å². The summed E-state index contributed by atoms with van der Waals surface area (Å²) in [6.07, 6.45) is 5.24. The van der Waals surface area contributed by atoms with Crippen molar-refractivity contribution in [2.75, 3.05) is 0 Å². The molecule has 1 aromatic carbocycles. The van der Waals surface area contributed by atoms with Crippen molar-refractivity contribution in [1.29, 1.82) is 0 Å². The minimum atomic E-state index is -0.629. The van der Waals surface area contributed by atoms with Gasteiger partial charge in [-0.25, -0.2) is 0 Å². The van der Waals surface area contributed by atoms with Gasteiger partial charge in [-0.2, -0.15) is 0 Å². The van der Waals surface area contributed by atoms with Gasteiger partial charge in [0.2, 0.25) is 0 Å². The van der Waals surface area contributed by atoms with E-state index >= 15 is 0 Å². The van der Waals surface area contributed by atoms with Crippen LogP contribution in [0.25, 0.3) is 0 Å². The Morgan fingerprint density at radius 1 is 1.29 bits per heavy atom. The molecule has 0 spiro atoms. The number of hydrogen-bond acceptors (Lipinski definition) is 1. The molecule has 0 saturated heterocycles. The average molecular weight is 344 g/mol. The molecule has 0 aliphatic heterocycles. The van der Waals surface area contributed by atoms with E-state index in [1.54, 1.807) is 0 Å². The molecule has 3 heteroatoms. The van der Waals surface area contributed by atoms with Gasteiger partial charge in [-0.1, -0.05) is 25.0 Å². The molecule has 2 nitrogen and oxygen atoms in total. The van der Waals surface area contributed by atoms with E-state index < -0.39 is 5.97 Å². The molecule has 0 heterocycles. The molecule has 0 aromatic heterocycles. The molecule has 1 aliphatic rings. The highest BCUT2D eigenvalue weighted by Gasteiger charge is 2.30. The van der Waals surface area contributed by atoms with Gasteiger partial charge in [-0.05, 0) is 65.5 Å². The Bertz CT molecular complexity index is 380. The van der Waals surface area contributed by atoms with Gasteiger partial charge in [0.15, 0.2) is 0 Å². The van der Waals surface area contributed by atoms with Gasteiger partial charge in [-0.3, -0.25) is 4.79 Å². The summed E-state index contributed by atoms with van der Waals surface area (Å²) in [5.74, 6) is -0.445. The van der Waals surface area contributed by atoms with Crippen LogP contribution in [0.15, 0.2) is 24.3 Å². The predicted octanol–water partition coefficient (Wildman–Crippen LogP) is 3.72. The first-order valence-corrected chi connectivity index (χ1v) is 7.22. The van der Waals surface area contributed by atoms with Crippen LogP contribution in [0, 0.1) is 15.4 Å². The van der Waals surface area contributed by atoms with E-state index in [-0.39, 0.29) is 5.92 Å². The second-order valence-corrected chi connectivity index (χ2v) is 6.07. The molecule has 0 amide bonds. The molecule has 0 bridgehead atoms. The number of carboxylic acids is 1. The maximum atomic E-state index is 11.4. The van der Waals surface area contributed by atoms with Crippen LogP contribution in [0.1, 0.15) is 31.2 Å². The Kier molecular flexibility index (Phi) is 4.42. The summed E-state index contributed by atoms with van der Waals surface area (Å²) in [6.45, 7) is 0. The molecule has 1 aliphatic carbocycles. The number of carbonyl (C=O) groups is 1. The van der Waals surface area contributed by atoms with Gasteiger partial charge < -0.3 is 5.11 Å². The van der Waals surface area contributed by atoms with Crippen molar-refractivity contribution in [3.63, 3.8) is 0 Å². The third kappa shape index (κ3) is 3.44. The number of benzene rings is 1. The second kappa shape index (κ2) is 5.85. The largest absolute Gasteiger partial charge is 0.481 e. The van der Waals surface area contributed by atoms with Crippen LogP contribution >= 0.6 is 22.6 Å². The third-order valence-corrected chi connectivity index (χ3v) is 4.37. The zero-order valence-corrected chi connectivity index (χ0v) is 11.9. The van der Waals surface area contributed by atoms with Crippen molar-refractivity contribution in [2.24, 2.45) is 11.8 Å². The van der Waals surface area contributed by atoms with Gasteiger partial charge in [-0.15, -0.1) is 0 Å². The van der Waals surface area contributed by atoms with Gasteiger partial charge in [0.1, 0.15) is 0 Å². The predicted molar refractivity (Wildman–Crippen MR) is 75.9 cm³/mol. The molecule has 1 unspecified atom stereocenters. The lowest BCUT2D eigenvalue weighted by molar-refractivity contribution is -0.143. The maximum Gasteiger partial charge on any atom is 0.307 e. The summed E-state index contributed by atoms with van der Waals surface area (Å²) in [6, 6.07) is 8.19. The number of hydrogen-bond donors (Lipinski definition) is 1. The van der Waals surface area contributed by atoms with E-state index in [2.05, 4.69) is 22.6 Å². The van der Waals surface area contributed by atoms with Crippen molar-refractivity contribution in [3.8, 4) is 0 Å². The van der Waals surface area contributed by atoms with Crippen LogP contribution in [-0.4, -0.2) is 11.1 Å². The van der Waals surface area contributed by atoms with Gasteiger partial charge in [0, 0.05) is 3.57 Å². The number of carboxylic acid groups (broad SMARTS) is 1. The summed E-state index contributed by atoms with van der Waals surface area (Å²) < 4.78 is 1.19. The summed E-state index contributed by atoms with van der Waals surface area (Å²) in [5.41, 5.74) is 1.14. The molecule has 2 rings (SSSR count). The van der Waals surface area contributed by atoms with E-state index in [9.17, 15) is 9.90 Å². The van der Waals surface area contributed by atoms with Crippen LogP contribution < -0.4 is 0 Å². The van der Waals surface area contributed by atoms with E-state index in [1.807, 2.05) is 24.3 Å². The second-order valence-electron chi connectivity index (χ2n) is 4.82.